The van der Waals surface area contributed by atoms with Gasteiger partial charge in [0.1, 0.15) is 6.04 Å². The van der Waals surface area contributed by atoms with E-state index in [1.165, 1.54) is 32.1 Å². The average Bonchev–Trinajstić information content (AvgIpc) is 3.56. The van der Waals surface area contributed by atoms with Gasteiger partial charge in [0.25, 0.3) is 0 Å². The molecule has 6 heteroatoms. The molecule has 0 spiro atoms. The molecule has 6 nitrogen and oxygen atoms in total. The molecule has 2 saturated carbocycles. The summed E-state index contributed by atoms with van der Waals surface area (Å²) in [6.45, 7) is 11.0. The molecule has 0 radical (unpaired) electrons. The van der Waals surface area contributed by atoms with Crippen molar-refractivity contribution in [1.29, 1.82) is 0 Å². The zero-order valence-electron chi connectivity index (χ0n) is 19.9. The summed E-state index contributed by atoms with van der Waals surface area (Å²) in [5.74, 6) is 2.00. The molecule has 4 rings (SSSR count). The topological polar surface area (TPSA) is 55.9 Å². The quantitative estimate of drug-likeness (QED) is 0.672. The van der Waals surface area contributed by atoms with Crippen molar-refractivity contribution < 1.29 is 9.59 Å². The first-order valence-electron chi connectivity index (χ1n) is 13.1. The minimum atomic E-state index is -0.253. The van der Waals surface area contributed by atoms with Gasteiger partial charge in [0.05, 0.1) is 0 Å². The van der Waals surface area contributed by atoms with E-state index in [9.17, 15) is 9.59 Å². The first-order valence-corrected chi connectivity index (χ1v) is 13.1. The number of amides is 2. The number of hydrogen-bond acceptors (Lipinski definition) is 4. The van der Waals surface area contributed by atoms with Crippen LogP contribution < -0.4 is 5.32 Å². The van der Waals surface area contributed by atoms with Crippen LogP contribution in [0.1, 0.15) is 71.6 Å². The van der Waals surface area contributed by atoms with E-state index in [0.717, 1.165) is 77.4 Å². The normalized spacial score (nSPS) is 28.4. The lowest BCUT2D eigenvalue weighted by Crippen LogP contribution is -2.49. The van der Waals surface area contributed by atoms with Crippen molar-refractivity contribution in [2.24, 2.45) is 17.8 Å². The zero-order valence-corrected chi connectivity index (χ0v) is 19.9. The fraction of sp³-hybridized carbons (Fsp3) is 0.920. The number of likely N-dealkylation sites (tertiary alicyclic amines) is 1. The molecule has 2 atom stereocenters. The van der Waals surface area contributed by atoms with Crippen molar-refractivity contribution >= 4 is 11.8 Å². The van der Waals surface area contributed by atoms with Gasteiger partial charge in [-0.05, 0) is 56.9 Å². The minimum absolute atomic E-state index is 0.178. The highest BCUT2D eigenvalue weighted by Crippen LogP contribution is 2.36. The predicted molar refractivity (Wildman–Crippen MR) is 124 cm³/mol. The fourth-order valence-corrected chi connectivity index (χ4v) is 5.94. The van der Waals surface area contributed by atoms with Crippen LogP contribution >= 0.6 is 0 Å². The van der Waals surface area contributed by atoms with Crippen LogP contribution in [0.25, 0.3) is 0 Å². The van der Waals surface area contributed by atoms with Crippen molar-refractivity contribution in [3.63, 3.8) is 0 Å². The Balaban J connectivity index is 1.48. The fourth-order valence-electron chi connectivity index (χ4n) is 5.94. The summed E-state index contributed by atoms with van der Waals surface area (Å²) < 4.78 is 0. The maximum atomic E-state index is 13.6. The van der Waals surface area contributed by atoms with Crippen molar-refractivity contribution in [3.05, 3.63) is 0 Å². The molecular formula is C25H44N4O2. The molecule has 2 unspecified atom stereocenters. The van der Waals surface area contributed by atoms with E-state index in [1.54, 1.807) is 0 Å². The van der Waals surface area contributed by atoms with Crippen molar-refractivity contribution in [2.45, 2.75) is 83.7 Å². The Hall–Kier alpha value is -1.14. The van der Waals surface area contributed by atoms with Crippen LogP contribution in [0.15, 0.2) is 0 Å². The van der Waals surface area contributed by atoms with E-state index >= 15 is 0 Å². The second-order valence-electron chi connectivity index (χ2n) is 11.0. The number of nitrogens with zero attached hydrogens (tertiary/aromatic N) is 3. The predicted octanol–water partition coefficient (Wildman–Crippen LogP) is 2.73. The average molecular weight is 433 g/mol. The largest absolute Gasteiger partial charge is 0.340 e. The third-order valence-corrected chi connectivity index (χ3v) is 7.76. The summed E-state index contributed by atoms with van der Waals surface area (Å²) in [7, 11) is 0. The maximum absolute atomic E-state index is 13.6. The first-order chi connectivity index (χ1) is 15.0. The number of nitrogens with one attached hydrogen (secondary N) is 1. The molecular weight excluding hydrogens is 388 g/mol. The summed E-state index contributed by atoms with van der Waals surface area (Å²) in [5, 5.41) is 3.40. The Bertz CT molecular complexity index is 607. The second-order valence-corrected chi connectivity index (χ2v) is 11.0. The molecule has 176 valence electrons. The van der Waals surface area contributed by atoms with Gasteiger partial charge in [0, 0.05) is 51.2 Å². The van der Waals surface area contributed by atoms with E-state index in [0.29, 0.717) is 12.0 Å². The molecule has 4 fully saturated rings. The Morgan fingerprint density at radius 1 is 0.968 bits per heavy atom. The Morgan fingerprint density at radius 3 is 2.45 bits per heavy atom. The van der Waals surface area contributed by atoms with Gasteiger partial charge in [-0.15, -0.1) is 0 Å². The van der Waals surface area contributed by atoms with Gasteiger partial charge < -0.3 is 15.1 Å². The summed E-state index contributed by atoms with van der Waals surface area (Å²) in [6.07, 6.45) is 10.6. The smallest absolute Gasteiger partial charge is 0.245 e. The molecule has 31 heavy (non-hydrogen) atoms. The molecule has 2 aliphatic heterocycles. The van der Waals surface area contributed by atoms with E-state index in [2.05, 4.69) is 24.1 Å². The molecule has 2 saturated heterocycles. The van der Waals surface area contributed by atoms with Crippen LogP contribution in [0.3, 0.4) is 0 Å². The third kappa shape index (κ3) is 6.01. The minimum Gasteiger partial charge on any atom is -0.340 e. The number of carbonyl (C=O) groups is 2. The summed E-state index contributed by atoms with van der Waals surface area (Å²) in [6, 6.07) is 0.0725. The van der Waals surface area contributed by atoms with E-state index in [4.69, 9.17) is 0 Å². The number of rotatable bonds is 7. The van der Waals surface area contributed by atoms with E-state index in [1.807, 2.05) is 9.80 Å². The molecule has 2 amide bonds. The van der Waals surface area contributed by atoms with Crippen LogP contribution in [-0.2, 0) is 9.59 Å². The Kier molecular flexibility index (Phi) is 7.91. The standard InChI is InChI=1S/C25H44N4O2/c1-19(2)16-28(17-20-7-4-3-5-8-20)22-15-23(29(18-22)24(30)21-9-10-21)25(31)27-13-6-11-26-12-14-27/h19-23,26H,3-18H2,1-2H3. The van der Waals surface area contributed by atoms with Gasteiger partial charge in [-0.25, -0.2) is 0 Å². The van der Waals surface area contributed by atoms with Crippen LogP contribution in [0.4, 0.5) is 0 Å². The number of carbonyl (C=O) groups excluding carboxylic acids is 2. The van der Waals surface area contributed by atoms with E-state index < -0.39 is 0 Å². The molecule has 0 aromatic rings. The lowest BCUT2D eigenvalue weighted by Gasteiger charge is -2.35. The van der Waals surface area contributed by atoms with Gasteiger partial charge in [-0.3, -0.25) is 14.5 Å². The second kappa shape index (κ2) is 10.7. The molecule has 2 aliphatic carbocycles. The summed E-state index contributed by atoms with van der Waals surface area (Å²) in [4.78, 5) is 33.4. The number of hydrogen-bond donors (Lipinski definition) is 1. The van der Waals surface area contributed by atoms with Crippen LogP contribution in [-0.4, -0.2) is 84.4 Å². The van der Waals surface area contributed by atoms with Gasteiger partial charge >= 0.3 is 0 Å². The Labute approximate surface area is 189 Å². The lowest BCUT2D eigenvalue weighted by molar-refractivity contribution is -0.144. The molecule has 2 heterocycles. The molecule has 0 bridgehead atoms. The highest BCUT2D eigenvalue weighted by molar-refractivity contribution is 5.90. The van der Waals surface area contributed by atoms with Crippen LogP contribution in [0, 0.1) is 17.8 Å². The molecule has 0 aromatic carbocycles. The highest BCUT2D eigenvalue weighted by atomic mass is 16.2. The first kappa shape index (κ1) is 23.0. The Morgan fingerprint density at radius 2 is 1.74 bits per heavy atom. The maximum Gasteiger partial charge on any atom is 0.245 e. The monoisotopic (exact) mass is 432 g/mol. The zero-order chi connectivity index (χ0) is 21.8. The van der Waals surface area contributed by atoms with Gasteiger partial charge in [0.2, 0.25) is 11.8 Å². The molecule has 1 N–H and O–H groups in total. The summed E-state index contributed by atoms with van der Waals surface area (Å²) >= 11 is 0. The van der Waals surface area contributed by atoms with Gasteiger partial charge in [-0.1, -0.05) is 33.1 Å². The SMILES string of the molecule is CC(C)CN(CC1CCCCC1)C1CC(C(=O)N2CCCNCC2)N(C(=O)C2CC2)C1. The van der Waals surface area contributed by atoms with Crippen molar-refractivity contribution in [1.82, 2.24) is 20.0 Å². The van der Waals surface area contributed by atoms with Crippen molar-refractivity contribution in [3.8, 4) is 0 Å². The van der Waals surface area contributed by atoms with Gasteiger partial charge in [0.15, 0.2) is 0 Å². The summed E-state index contributed by atoms with van der Waals surface area (Å²) in [5.41, 5.74) is 0. The van der Waals surface area contributed by atoms with Crippen molar-refractivity contribution in [2.75, 3.05) is 45.8 Å². The molecule has 0 aromatic heterocycles. The van der Waals surface area contributed by atoms with Gasteiger partial charge in [-0.2, -0.15) is 0 Å². The van der Waals surface area contributed by atoms with Crippen LogP contribution in [0.5, 0.6) is 0 Å². The van der Waals surface area contributed by atoms with E-state index in [-0.39, 0.29) is 23.8 Å². The van der Waals surface area contributed by atoms with Crippen LogP contribution in [0.2, 0.25) is 0 Å². The highest BCUT2D eigenvalue weighted by Gasteiger charge is 2.46. The third-order valence-electron chi connectivity index (χ3n) is 7.76. The molecule has 4 aliphatic rings. The lowest BCUT2D eigenvalue weighted by atomic mass is 9.88.